The molecule has 0 aliphatic heterocycles. The molecule has 0 fully saturated rings. The lowest BCUT2D eigenvalue weighted by Gasteiger charge is -2.13. The third kappa shape index (κ3) is 8.50. The van der Waals surface area contributed by atoms with E-state index in [-0.39, 0.29) is 30.7 Å². The highest BCUT2D eigenvalue weighted by Crippen LogP contribution is 2.07. The Labute approximate surface area is 131 Å². The number of hydrogen-bond donors (Lipinski definition) is 2. The first-order valence-electron chi connectivity index (χ1n) is 7.70. The highest BCUT2D eigenvalue weighted by atomic mass is 32.1. The van der Waals surface area contributed by atoms with Gasteiger partial charge in [0.2, 0.25) is 11.8 Å². The molecule has 0 radical (unpaired) electrons. The molecule has 2 N–H and O–H groups in total. The number of hydrogen-bond acceptors (Lipinski definition) is 3. The second-order valence-corrected chi connectivity index (χ2v) is 6.35. The lowest BCUT2D eigenvalue weighted by atomic mass is 10.1. The number of nitrogens with one attached hydrogen (secondary N) is 2. The van der Waals surface area contributed by atoms with Crippen LogP contribution in [0.15, 0.2) is 17.5 Å². The summed E-state index contributed by atoms with van der Waals surface area (Å²) in [7, 11) is 0. The highest BCUT2D eigenvalue weighted by molar-refractivity contribution is 7.09. The molecule has 1 atom stereocenters. The van der Waals surface area contributed by atoms with Crippen molar-refractivity contribution in [2.24, 2.45) is 0 Å². The molecular formula is C16H26N2O2S. The van der Waals surface area contributed by atoms with Crippen molar-refractivity contribution in [1.82, 2.24) is 10.6 Å². The van der Waals surface area contributed by atoms with E-state index in [1.54, 1.807) is 11.3 Å². The number of thiophene rings is 1. The quantitative estimate of drug-likeness (QED) is 0.652. The van der Waals surface area contributed by atoms with Gasteiger partial charge in [-0.15, -0.1) is 11.3 Å². The second-order valence-electron chi connectivity index (χ2n) is 5.32. The van der Waals surface area contributed by atoms with Crippen molar-refractivity contribution in [1.29, 1.82) is 0 Å². The van der Waals surface area contributed by atoms with Gasteiger partial charge < -0.3 is 10.6 Å². The van der Waals surface area contributed by atoms with Gasteiger partial charge in [-0.05, 0) is 24.8 Å². The standard InChI is InChI=1S/C16H26N2O2S/c1-3-4-5-7-13(2)18-16(20)10-9-15(19)17-12-14-8-6-11-21-14/h6,8,11,13H,3-5,7,9-10,12H2,1-2H3,(H,17,19)(H,18,20). The van der Waals surface area contributed by atoms with E-state index in [9.17, 15) is 9.59 Å². The van der Waals surface area contributed by atoms with Crippen molar-refractivity contribution in [2.45, 2.75) is 65.0 Å². The summed E-state index contributed by atoms with van der Waals surface area (Å²) in [5, 5.41) is 7.76. The first-order chi connectivity index (χ1) is 10.1. The monoisotopic (exact) mass is 310 g/mol. The largest absolute Gasteiger partial charge is 0.354 e. The minimum absolute atomic E-state index is 0.0368. The molecule has 1 unspecified atom stereocenters. The molecule has 0 aliphatic carbocycles. The number of amides is 2. The van der Waals surface area contributed by atoms with Crippen LogP contribution in [0.3, 0.4) is 0 Å². The van der Waals surface area contributed by atoms with Crippen LogP contribution in [0.2, 0.25) is 0 Å². The molecule has 0 aromatic carbocycles. The number of carbonyl (C=O) groups excluding carboxylic acids is 2. The molecule has 1 rings (SSSR count). The van der Waals surface area contributed by atoms with E-state index in [1.807, 2.05) is 24.4 Å². The predicted molar refractivity (Wildman–Crippen MR) is 87.1 cm³/mol. The molecule has 0 saturated carbocycles. The Kier molecular flexibility index (Phi) is 8.74. The molecule has 0 bridgehead atoms. The molecule has 1 heterocycles. The zero-order valence-electron chi connectivity index (χ0n) is 13.0. The molecule has 0 saturated heterocycles. The Hall–Kier alpha value is -1.36. The molecule has 1 aromatic rings. The number of unbranched alkanes of at least 4 members (excludes halogenated alkanes) is 2. The maximum Gasteiger partial charge on any atom is 0.220 e. The van der Waals surface area contributed by atoms with Gasteiger partial charge in [-0.2, -0.15) is 0 Å². The Morgan fingerprint density at radius 3 is 2.67 bits per heavy atom. The first kappa shape index (κ1) is 17.7. The molecule has 21 heavy (non-hydrogen) atoms. The van der Waals surface area contributed by atoms with E-state index in [2.05, 4.69) is 17.6 Å². The van der Waals surface area contributed by atoms with Crippen molar-refractivity contribution >= 4 is 23.2 Å². The molecule has 5 heteroatoms. The van der Waals surface area contributed by atoms with E-state index in [0.29, 0.717) is 6.54 Å². The molecule has 0 spiro atoms. The van der Waals surface area contributed by atoms with E-state index in [0.717, 1.165) is 17.7 Å². The Morgan fingerprint density at radius 1 is 1.24 bits per heavy atom. The molecular weight excluding hydrogens is 284 g/mol. The van der Waals surface area contributed by atoms with Crippen molar-refractivity contribution in [3.63, 3.8) is 0 Å². The zero-order valence-corrected chi connectivity index (χ0v) is 13.8. The summed E-state index contributed by atoms with van der Waals surface area (Å²) in [4.78, 5) is 24.5. The van der Waals surface area contributed by atoms with Crippen LogP contribution in [-0.2, 0) is 16.1 Å². The lowest BCUT2D eigenvalue weighted by molar-refractivity contribution is -0.126. The normalized spacial score (nSPS) is 11.9. The summed E-state index contributed by atoms with van der Waals surface area (Å²) < 4.78 is 0. The average molecular weight is 310 g/mol. The lowest BCUT2D eigenvalue weighted by Crippen LogP contribution is -2.33. The summed E-state index contributed by atoms with van der Waals surface area (Å²) in [5.74, 6) is -0.109. The SMILES string of the molecule is CCCCCC(C)NC(=O)CCC(=O)NCc1cccs1. The topological polar surface area (TPSA) is 58.2 Å². The van der Waals surface area contributed by atoms with Crippen LogP contribution in [0, 0.1) is 0 Å². The Morgan fingerprint density at radius 2 is 2.00 bits per heavy atom. The van der Waals surface area contributed by atoms with Crippen LogP contribution in [0.4, 0.5) is 0 Å². The fraction of sp³-hybridized carbons (Fsp3) is 0.625. The minimum atomic E-state index is -0.0720. The van der Waals surface area contributed by atoms with E-state index in [1.165, 1.54) is 12.8 Å². The van der Waals surface area contributed by atoms with Gasteiger partial charge in [0.15, 0.2) is 0 Å². The summed E-state index contributed by atoms with van der Waals surface area (Å²) in [6.45, 7) is 4.73. The highest BCUT2D eigenvalue weighted by Gasteiger charge is 2.09. The van der Waals surface area contributed by atoms with Crippen LogP contribution < -0.4 is 10.6 Å². The summed E-state index contributed by atoms with van der Waals surface area (Å²) in [6.07, 6.45) is 5.03. The van der Waals surface area contributed by atoms with Crippen molar-refractivity contribution in [2.75, 3.05) is 0 Å². The summed E-state index contributed by atoms with van der Waals surface area (Å²) >= 11 is 1.61. The smallest absolute Gasteiger partial charge is 0.220 e. The van der Waals surface area contributed by atoms with E-state index in [4.69, 9.17) is 0 Å². The van der Waals surface area contributed by atoms with Crippen molar-refractivity contribution in [3.8, 4) is 0 Å². The molecule has 4 nitrogen and oxygen atoms in total. The van der Waals surface area contributed by atoms with Gasteiger partial charge in [-0.1, -0.05) is 32.3 Å². The van der Waals surface area contributed by atoms with Crippen LogP contribution in [0.25, 0.3) is 0 Å². The number of carbonyl (C=O) groups is 2. The molecule has 118 valence electrons. The maximum absolute atomic E-state index is 11.7. The zero-order chi connectivity index (χ0) is 15.5. The van der Waals surface area contributed by atoms with Crippen molar-refractivity contribution in [3.05, 3.63) is 22.4 Å². The van der Waals surface area contributed by atoms with E-state index >= 15 is 0 Å². The summed E-state index contributed by atoms with van der Waals surface area (Å²) in [5.41, 5.74) is 0. The molecule has 1 aromatic heterocycles. The first-order valence-corrected chi connectivity index (χ1v) is 8.58. The summed E-state index contributed by atoms with van der Waals surface area (Å²) in [6, 6.07) is 4.13. The molecule has 2 amide bonds. The third-order valence-corrected chi connectivity index (χ3v) is 4.14. The average Bonchev–Trinajstić information content (AvgIpc) is 2.96. The maximum atomic E-state index is 11.7. The fourth-order valence-electron chi connectivity index (χ4n) is 2.03. The Bertz CT molecular complexity index is 418. The van der Waals surface area contributed by atoms with E-state index < -0.39 is 0 Å². The van der Waals surface area contributed by atoms with Gasteiger partial charge in [0.05, 0.1) is 6.54 Å². The van der Waals surface area contributed by atoms with Crippen LogP contribution in [-0.4, -0.2) is 17.9 Å². The van der Waals surface area contributed by atoms with Crippen molar-refractivity contribution < 1.29 is 9.59 Å². The molecule has 0 aliphatic rings. The van der Waals surface area contributed by atoms with Crippen LogP contribution in [0.1, 0.15) is 57.2 Å². The van der Waals surface area contributed by atoms with Gasteiger partial charge >= 0.3 is 0 Å². The number of rotatable bonds is 10. The Balaban J connectivity index is 2.09. The van der Waals surface area contributed by atoms with Gasteiger partial charge in [0.25, 0.3) is 0 Å². The minimum Gasteiger partial charge on any atom is -0.354 e. The van der Waals surface area contributed by atoms with Gasteiger partial charge in [-0.3, -0.25) is 9.59 Å². The van der Waals surface area contributed by atoms with Crippen LogP contribution in [0.5, 0.6) is 0 Å². The predicted octanol–water partition coefficient (Wildman–Crippen LogP) is 3.23. The fourth-order valence-corrected chi connectivity index (χ4v) is 2.68. The van der Waals surface area contributed by atoms with Crippen LogP contribution >= 0.6 is 11.3 Å². The third-order valence-electron chi connectivity index (χ3n) is 3.27. The van der Waals surface area contributed by atoms with Gasteiger partial charge in [0, 0.05) is 23.8 Å². The van der Waals surface area contributed by atoms with Gasteiger partial charge in [-0.25, -0.2) is 0 Å². The second kappa shape index (κ2) is 10.4. The van der Waals surface area contributed by atoms with Gasteiger partial charge in [0.1, 0.15) is 0 Å².